The third-order valence-corrected chi connectivity index (χ3v) is 9.79. The van der Waals surface area contributed by atoms with Crippen LogP contribution in [0.1, 0.15) is 11.1 Å². The number of para-hydroxylation sites is 2. The summed E-state index contributed by atoms with van der Waals surface area (Å²) >= 11 is 0. The van der Waals surface area contributed by atoms with E-state index < -0.39 is 0 Å². The lowest BCUT2D eigenvalue weighted by Crippen LogP contribution is -2.04. The van der Waals surface area contributed by atoms with Crippen molar-refractivity contribution in [1.82, 2.24) is 19.1 Å². The molecule has 0 aliphatic heterocycles. The number of fused-ring (bicyclic) bond motifs is 11. The van der Waals surface area contributed by atoms with Gasteiger partial charge in [-0.1, -0.05) is 114 Å². The molecule has 0 saturated carbocycles. The highest BCUT2D eigenvalue weighted by atomic mass is 15.2. The molecule has 0 atom stereocenters. The minimum atomic E-state index is 0.668. The largest absolute Gasteiger partial charge is 0.309 e. The zero-order valence-corrected chi connectivity index (χ0v) is 26.6. The van der Waals surface area contributed by atoms with Crippen molar-refractivity contribution in [2.45, 2.75) is 13.8 Å². The molecule has 0 aliphatic carbocycles. The zero-order chi connectivity index (χ0) is 31.9. The standard InChI is InChI=1S/C44H30N4/c1-27-22-24-38-34(25-27)39-31-17-9-10-18-32(31)42-40(35-26-28(2)21-23-37(35)47(42)30-15-7-4-8-16-30)43(39)48(38)44-45-36-20-12-11-19-33(36)41(46-44)29-13-5-3-6-14-29/h3-26H,1-2H3. The number of rotatable bonds is 3. The van der Waals surface area contributed by atoms with Crippen molar-refractivity contribution in [3.63, 3.8) is 0 Å². The summed E-state index contributed by atoms with van der Waals surface area (Å²) in [6.45, 7) is 4.36. The third kappa shape index (κ3) is 3.77. The zero-order valence-electron chi connectivity index (χ0n) is 26.6. The Morgan fingerprint density at radius 1 is 0.438 bits per heavy atom. The second-order valence-corrected chi connectivity index (χ2v) is 12.8. The van der Waals surface area contributed by atoms with Crippen LogP contribution in [0.5, 0.6) is 0 Å². The molecule has 0 unspecified atom stereocenters. The van der Waals surface area contributed by atoms with Crippen molar-refractivity contribution >= 4 is 65.3 Å². The summed E-state index contributed by atoms with van der Waals surface area (Å²) in [7, 11) is 0. The number of hydrogen-bond acceptors (Lipinski definition) is 2. The Bertz CT molecular complexity index is 2900. The SMILES string of the molecule is Cc1ccc2c(c1)c1c(c3ccccc3c3c4cc(C)ccc4n(-c4nc(-c5ccccc5)c5ccccc5n4)c31)n2-c1ccccc1. The van der Waals surface area contributed by atoms with Gasteiger partial charge in [-0.15, -0.1) is 0 Å². The summed E-state index contributed by atoms with van der Waals surface area (Å²) in [5.41, 5.74) is 11.1. The van der Waals surface area contributed by atoms with Crippen LogP contribution in [-0.2, 0) is 0 Å². The van der Waals surface area contributed by atoms with Crippen LogP contribution >= 0.6 is 0 Å². The van der Waals surface area contributed by atoms with Gasteiger partial charge in [0.2, 0.25) is 5.95 Å². The van der Waals surface area contributed by atoms with Gasteiger partial charge in [0.15, 0.2) is 0 Å². The number of hydrogen-bond donors (Lipinski definition) is 0. The second kappa shape index (κ2) is 10.1. The van der Waals surface area contributed by atoms with Gasteiger partial charge in [0.25, 0.3) is 0 Å². The fourth-order valence-electron chi connectivity index (χ4n) is 7.76. The maximum atomic E-state index is 5.43. The molecule has 0 radical (unpaired) electrons. The van der Waals surface area contributed by atoms with Crippen molar-refractivity contribution in [1.29, 1.82) is 0 Å². The molecule has 7 aromatic carbocycles. The molecular weight excluding hydrogens is 585 g/mol. The minimum absolute atomic E-state index is 0.668. The fraction of sp³-hybridized carbons (Fsp3) is 0.0455. The molecule has 3 aromatic heterocycles. The Hall–Kier alpha value is -6.26. The number of benzene rings is 7. The van der Waals surface area contributed by atoms with E-state index in [9.17, 15) is 0 Å². The summed E-state index contributed by atoms with van der Waals surface area (Å²) in [5.74, 6) is 0.668. The second-order valence-electron chi connectivity index (χ2n) is 12.8. The quantitative estimate of drug-likeness (QED) is 0.198. The van der Waals surface area contributed by atoms with E-state index >= 15 is 0 Å². The molecule has 0 fully saturated rings. The topological polar surface area (TPSA) is 35.6 Å². The molecule has 10 rings (SSSR count). The highest BCUT2D eigenvalue weighted by molar-refractivity contribution is 6.36. The van der Waals surface area contributed by atoms with E-state index in [0.29, 0.717) is 5.95 Å². The van der Waals surface area contributed by atoms with Crippen molar-refractivity contribution in [2.75, 3.05) is 0 Å². The maximum Gasteiger partial charge on any atom is 0.235 e. The van der Waals surface area contributed by atoms with Gasteiger partial charge in [-0.3, -0.25) is 4.57 Å². The van der Waals surface area contributed by atoms with E-state index in [4.69, 9.17) is 9.97 Å². The predicted molar refractivity (Wildman–Crippen MR) is 201 cm³/mol. The molecule has 3 heterocycles. The van der Waals surface area contributed by atoms with Gasteiger partial charge in [-0.2, -0.15) is 0 Å². The smallest absolute Gasteiger partial charge is 0.235 e. The Kier molecular flexibility index (Phi) is 5.67. The van der Waals surface area contributed by atoms with E-state index in [1.54, 1.807) is 0 Å². The van der Waals surface area contributed by atoms with Crippen molar-refractivity contribution in [3.8, 4) is 22.9 Å². The van der Waals surface area contributed by atoms with E-state index in [1.807, 2.05) is 0 Å². The van der Waals surface area contributed by atoms with Gasteiger partial charge in [0.1, 0.15) is 0 Å². The Morgan fingerprint density at radius 3 is 1.75 bits per heavy atom. The number of aromatic nitrogens is 4. The molecule has 4 nitrogen and oxygen atoms in total. The van der Waals surface area contributed by atoms with E-state index in [1.165, 1.54) is 54.5 Å². The first kappa shape index (κ1) is 26.9. The highest BCUT2D eigenvalue weighted by Gasteiger charge is 2.26. The van der Waals surface area contributed by atoms with Gasteiger partial charge >= 0.3 is 0 Å². The average Bonchev–Trinajstić information content (AvgIpc) is 3.65. The fourth-order valence-corrected chi connectivity index (χ4v) is 7.76. The van der Waals surface area contributed by atoms with Crippen molar-refractivity contribution in [3.05, 3.63) is 157 Å². The number of nitrogens with zero attached hydrogens (tertiary/aromatic N) is 4. The first-order valence-electron chi connectivity index (χ1n) is 16.4. The summed E-state index contributed by atoms with van der Waals surface area (Å²) < 4.78 is 4.77. The molecule has 226 valence electrons. The Balaban J connectivity index is 1.50. The van der Waals surface area contributed by atoms with Gasteiger partial charge in [0.05, 0.1) is 33.3 Å². The third-order valence-electron chi connectivity index (χ3n) is 9.79. The van der Waals surface area contributed by atoms with Crippen LogP contribution in [0.25, 0.3) is 88.2 Å². The minimum Gasteiger partial charge on any atom is -0.309 e. The predicted octanol–water partition coefficient (Wildman–Crippen LogP) is 11.3. The van der Waals surface area contributed by atoms with Gasteiger partial charge in [-0.25, -0.2) is 9.97 Å². The Morgan fingerprint density at radius 2 is 1.02 bits per heavy atom. The van der Waals surface area contributed by atoms with Crippen LogP contribution in [0.3, 0.4) is 0 Å². The van der Waals surface area contributed by atoms with Crippen LogP contribution in [0.4, 0.5) is 0 Å². The summed E-state index contributed by atoms with van der Waals surface area (Å²) in [4.78, 5) is 10.8. The molecule has 0 N–H and O–H groups in total. The van der Waals surface area contributed by atoms with Crippen LogP contribution in [0.2, 0.25) is 0 Å². The van der Waals surface area contributed by atoms with Gasteiger partial charge in [-0.05, 0) is 61.7 Å². The molecular formula is C44H30N4. The monoisotopic (exact) mass is 614 g/mol. The molecule has 48 heavy (non-hydrogen) atoms. The molecule has 0 saturated heterocycles. The van der Waals surface area contributed by atoms with E-state index in [2.05, 4.69) is 169 Å². The average molecular weight is 615 g/mol. The highest BCUT2D eigenvalue weighted by Crippen LogP contribution is 2.47. The van der Waals surface area contributed by atoms with Gasteiger partial charge in [0, 0.05) is 43.6 Å². The molecule has 4 heteroatoms. The lowest BCUT2D eigenvalue weighted by atomic mass is 9.98. The lowest BCUT2D eigenvalue weighted by molar-refractivity contribution is 1.02. The van der Waals surface area contributed by atoms with Crippen LogP contribution in [-0.4, -0.2) is 19.1 Å². The normalized spacial score (nSPS) is 12.0. The van der Waals surface area contributed by atoms with Crippen LogP contribution in [0.15, 0.2) is 146 Å². The molecule has 0 aliphatic rings. The summed E-state index contributed by atoms with van der Waals surface area (Å²) in [6, 6.07) is 52.0. The lowest BCUT2D eigenvalue weighted by Gasteiger charge is -2.14. The number of aryl methyl sites for hydroxylation is 2. The van der Waals surface area contributed by atoms with Crippen LogP contribution in [0, 0.1) is 13.8 Å². The molecule has 0 spiro atoms. The summed E-state index contributed by atoms with van der Waals surface area (Å²) in [6.07, 6.45) is 0. The van der Waals surface area contributed by atoms with E-state index in [0.717, 1.165) is 38.9 Å². The first-order chi connectivity index (χ1) is 23.7. The molecule has 0 amide bonds. The molecule has 0 bridgehead atoms. The first-order valence-corrected chi connectivity index (χ1v) is 16.4. The maximum absolute atomic E-state index is 5.43. The van der Waals surface area contributed by atoms with Crippen molar-refractivity contribution in [2.24, 2.45) is 0 Å². The van der Waals surface area contributed by atoms with Crippen molar-refractivity contribution < 1.29 is 0 Å². The van der Waals surface area contributed by atoms with E-state index in [-0.39, 0.29) is 0 Å². The van der Waals surface area contributed by atoms with Crippen LogP contribution < -0.4 is 0 Å². The molecule has 10 aromatic rings. The summed E-state index contributed by atoms with van der Waals surface area (Å²) in [5, 5.41) is 8.33. The van der Waals surface area contributed by atoms with Gasteiger partial charge < -0.3 is 4.57 Å². The Labute approximate surface area is 277 Å².